The monoisotopic (exact) mass is 291 g/mol. The van der Waals surface area contributed by atoms with Crippen molar-refractivity contribution in [3.8, 4) is 0 Å². The van der Waals surface area contributed by atoms with Crippen LogP contribution in [0.2, 0.25) is 0 Å². The van der Waals surface area contributed by atoms with E-state index in [9.17, 15) is 9.13 Å². The molecule has 5 N–H and O–H groups in total. The molecule has 0 bridgehead atoms. The highest BCUT2D eigenvalue weighted by Gasteiger charge is 2.43. The molecule has 0 aliphatic carbocycles. The number of rotatable bonds is 7. The number of aliphatic hydroxyl groups excluding tert-OH is 2. The second kappa shape index (κ2) is 11.2. The van der Waals surface area contributed by atoms with Gasteiger partial charge in [-0.25, -0.2) is 0 Å². The third kappa shape index (κ3) is 12.4. The zero-order valence-electron chi connectivity index (χ0n) is 9.77. The fraction of sp³-hybridized carbons (Fsp3) is 1.00. The van der Waals surface area contributed by atoms with Gasteiger partial charge in [-0.2, -0.15) is 4.89 Å². The Labute approximate surface area is 102 Å². The van der Waals surface area contributed by atoms with Crippen LogP contribution in [0.15, 0.2) is 0 Å². The third-order valence-electron chi connectivity index (χ3n) is 1.82. The van der Waals surface area contributed by atoms with Crippen LogP contribution in [0.25, 0.3) is 0 Å². The summed E-state index contributed by atoms with van der Waals surface area (Å²) >= 11 is 0. The lowest BCUT2D eigenvalue weighted by molar-refractivity contribution is 0.257. The molecule has 0 fully saturated rings. The first-order valence-electron chi connectivity index (χ1n) is 5.23. The van der Waals surface area contributed by atoms with Crippen molar-refractivity contribution < 1.29 is 34.0 Å². The van der Waals surface area contributed by atoms with Gasteiger partial charge in [0.25, 0.3) is 5.40 Å². The largest absolute Gasteiger partial charge is 0.521 e. The van der Waals surface area contributed by atoms with Crippen LogP contribution < -0.4 is 0 Å². The fourth-order valence-electron chi connectivity index (χ4n) is 0.923. The van der Waals surface area contributed by atoms with E-state index >= 15 is 0 Å². The average Bonchev–Trinajstić information content (AvgIpc) is 2.17. The summed E-state index contributed by atoms with van der Waals surface area (Å²) in [5.74, 6) is 0. The SMILES string of the molecule is CCC([P+](=O)O)P(=O)(O)O.OCCCCCO. The van der Waals surface area contributed by atoms with E-state index in [1.165, 1.54) is 6.92 Å². The summed E-state index contributed by atoms with van der Waals surface area (Å²) in [6.07, 6.45) is 2.59. The van der Waals surface area contributed by atoms with Crippen molar-refractivity contribution in [3.63, 3.8) is 0 Å². The van der Waals surface area contributed by atoms with Crippen LogP contribution in [0.4, 0.5) is 0 Å². The molecular weight excluding hydrogens is 270 g/mol. The maximum atomic E-state index is 10.4. The van der Waals surface area contributed by atoms with Gasteiger partial charge in [-0.1, -0.05) is 6.92 Å². The molecule has 0 aliphatic rings. The van der Waals surface area contributed by atoms with Gasteiger partial charge in [0.1, 0.15) is 0 Å². The molecule has 2 unspecified atom stereocenters. The maximum absolute atomic E-state index is 10.4. The lowest BCUT2D eigenvalue weighted by atomic mass is 10.2. The van der Waals surface area contributed by atoms with Crippen molar-refractivity contribution in [2.75, 3.05) is 13.2 Å². The Kier molecular flexibility index (Phi) is 12.9. The Morgan fingerprint density at radius 1 is 1.12 bits per heavy atom. The van der Waals surface area contributed by atoms with Crippen LogP contribution in [0.1, 0.15) is 32.6 Å². The summed E-state index contributed by atoms with van der Waals surface area (Å²) in [6.45, 7) is 1.95. The van der Waals surface area contributed by atoms with Gasteiger partial charge < -0.3 is 20.0 Å². The molecule has 0 aromatic heterocycles. The van der Waals surface area contributed by atoms with E-state index in [2.05, 4.69) is 0 Å². The second-order valence-electron chi connectivity index (χ2n) is 3.29. The van der Waals surface area contributed by atoms with E-state index in [1.54, 1.807) is 0 Å². The molecule has 17 heavy (non-hydrogen) atoms. The molecule has 104 valence electrons. The van der Waals surface area contributed by atoms with Crippen molar-refractivity contribution in [2.45, 2.75) is 38.0 Å². The molecule has 0 radical (unpaired) electrons. The van der Waals surface area contributed by atoms with Crippen LogP contribution in [-0.4, -0.2) is 43.5 Å². The van der Waals surface area contributed by atoms with E-state index in [0.717, 1.165) is 19.3 Å². The van der Waals surface area contributed by atoms with Crippen molar-refractivity contribution >= 4 is 15.6 Å². The zero-order valence-corrected chi connectivity index (χ0v) is 11.6. The van der Waals surface area contributed by atoms with E-state index < -0.39 is 21.0 Å². The van der Waals surface area contributed by atoms with Crippen LogP contribution in [0, 0.1) is 0 Å². The summed E-state index contributed by atoms with van der Waals surface area (Å²) in [7, 11) is -7.13. The molecule has 0 aliphatic heterocycles. The normalized spacial score (nSPS) is 13.6. The average molecular weight is 291 g/mol. The first-order chi connectivity index (χ1) is 7.81. The molecule has 0 rings (SSSR count). The predicted molar refractivity (Wildman–Crippen MR) is 64.0 cm³/mol. The molecule has 0 heterocycles. The fourth-order valence-corrected chi connectivity index (χ4v) is 2.74. The first kappa shape index (κ1) is 19.5. The molecule has 0 saturated heterocycles. The summed E-state index contributed by atoms with van der Waals surface area (Å²) in [5.41, 5.74) is 0. The van der Waals surface area contributed by atoms with E-state index in [1.807, 2.05) is 0 Å². The van der Waals surface area contributed by atoms with Gasteiger partial charge in [0, 0.05) is 19.6 Å². The molecule has 7 nitrogen and oxygen atoms in total. The van der Waals surface area contributed by atoms with Crippen molar-refractivity contribution in [2.24, 2.45) is 0 Å². The van der Waals surface area contributed by atoms with Gasteiger partial charge >= 0.3 is 15.6 Å². The quantitative estimate of drug-likeness (QED) is 0.345. The van der Waals surface area contributed by atoms with Crippen LogP contribution >= 0.6 is 15.6 Å². The lowest BCUT2D eigenvalue weighted by Crippen LogP contribution is -2.00. The summed E-state index contributed by atoms with van der Waals surface area (Å²) in [6, 6.07) is 0. The Bertz CT molecular complexity index is 236. The van der Waals surface area contributed by atoms with Crippen LogP contribution in [0.5, 0.6) is 0 Å². The second-order valence-corrected chi connectivity index (χ2v) is 6.73. The molecule has 9 heteroatoms. The van der Waals surface area contributed by atoms with E-state index in [0.29, 0.717) is 0 Å². The summed E-state index contributed by atoms with van der Waals surface area (Å²) < 4.78 is 20.6. The highest BCUT2D eigenvalue weighted by molar-refractivity contribution is 7.65. The molecule has 0 amide bonds. The highest BCUT2D eigenvalue weighted by atomic mass is 31.2. The van der Waals surface area contributed by atoms with Gasteiger partial charge in [-0.05, 0) is 23.8 Å². The van der Waals surface area contributed by atoms with Gasteiger partial charge in [0.15, 0.2) is 0 Å². The van der Waals surface area contributed by atoms with E-state index in [-0.39, 0.29) is 19.6 Å². The molecule has 0 aromatic carbocycles. The lowest BCUT2D eigenvalue weighted by Gasteiger charge is -2.02. The van der Waals surface area contributed by atoms with Gasteiger partial charge in [0.05, 0.1) is 0 Å². The molecule has 0 spiro atoms. The zero-order chi connectivity index (χ0) is 13.9. The molecule has 0 aromatic rings. The van der Waals surface area contributed by atoms with Gasteiger partial charge in [0.2, 0.25) is 0 Å². The number of hydrogen-bond donors (Lipinski definition) is 5. The number of hydrogen-bond acceptors (Lipinski definition) is 4. The summed E-state index contributed by atoms with van der Waals surface area (Å²) in [5, 5.41) is 15.0. The molecule has 2 atom stereocenters. The summed E-state index contributed by atoms with van der Waals surface area (Å²) in [4.78, 5) is 25.2. The van der Waals surface area contributed by atoms with Gasteiger partial charge in [-0.15, -0.1) is 0 Å². The van der Waals surface area contributed by atoms with Crippen molar-refractivity contribution in [1.82, 2.24) is 0 Å². The maximum Gasteiger partial charge on any atom is 0.521 e. The number of aliphatic hydroxyl groups is 2. The van der Waals surface area contributed by atoms with Crippen LogP contribution in [0.3, 0.4) is 0 Å². The Balaban J connectivity index is 0. The van der Waals surface area contributed by atoms with Crippen LogP contribution in [-0.2, 0) is 9.13 Å². The smallest absolute Gasteiger partial charge is 0.396 e. The van der Waals surface area contributed by atoms with Crippen molar-refractivity contribution in [1.29, 1.82) is 0 Å². The predicted octanol–water partition coefficient (Wildman–Crippen LogP) is 0.776. The minimum atomic E-state index is -4.37. The minimum Gasteiger partial charge on any atom is -0.396 e. The van der Waals surface area contributed by atoms with E-state index in [4.69, 9.17) is 24.9 Å². The first-order valence-corrected chi connectivity index (χ1v) is 8.19. The Morgan fingerprint density at radius 2 is 1.53 bits per heavy atom. The Morgan fingerprint density at radius 3 is 1.65 bits per heavy atom. The third-order valence-corrected chi connectivity index (χ3v) is 5.34. The number of unbranched alkanes of at least 4 members (excludes halogenated alkanes) is 2. The Hall–Kier alpha value is 0.130. The van der Waals surface area contributed by atoms with Crippen molar-refractivity contribution in [3.05, 3.63) is 0 Å². The minimum absolute atomic E-state index is 0.00990. The standard InChI is InChI=1S/C5H12O2.C3H8O5P2/c6-4-2-1-3-5-7;1-2-3(9(4)5)10(6,7)8/h6-7H,1-5H2;3H,2H2,1H3,(H2-,4,5,6,7,8)/p+1. The topological polar surface area (TPSA) is 135 Å². The highest BCUT2D eigenvalue weighted by Crippen LogP contribution is 2.53. The molecular formula is C8H21O7P2+. The molecule has 0 saturated carbocycles. The van der Waals surface area contributed by atoms with Gasteiger partial charge in [-0.3, -0.25) is 4.57 Å².